The Morgan fingerprint density at radius 1 is 1.16 bits per heavy atom. The van der Waals surface area contributed by atoms with Gasteiger partial charge in [-0.3, -0.25) is 0 Å². The van der Waals surface area contributed by atoms with Gasteiger partial charge in [-0.05, 0) is 20.3 Å². The van der Waals surface area contributed by atoms with Crippen LogP contribution in [0.4, 0.5) is 4.39 Å². The summed E-state index contributed by atoms with van der Waals surface area (Å²) in [6.07, 6.45) is -2.92. The van der Waals surface area contributed by atoms with Gasteiger partial charge < -0.3 is 30.5 Å². The Morgan fingerprint density at radius 3 is 1.95 bits per heavy atom. The number of aliphatic hydroxyl groups is 3. The van der Waals surface area contributed by atoms with Gasteiger partial charge in [-0.15, -0.1) is 0 Å². The van der Waals surface area contributed by atoms with Crippen LogP contribution in [-0.2, 0) is 9.47 Å². The third-order valence-electron chi connectivity index (χ3n) is 3.39. The number of alkyl halides is 1. The van der Waals surface area contributed by atoms with Crippen LogP contribution in [-0.4, -0.2) is 71.3 Å². The molecule has 0 aromatic heterocycles. The van der Waals surface area contributed by atoms with Gasteiger partial charge in [0.15, 0.2) is 6.17 Å². The Kier molecular flexibility index (Phi) is 6.58. The fourth-order valence-electron chi connectivity index (χ4n) is 2.23. The van der Waals surface area contributed by atoms with Gasteiger partial charge in [0.2, 0.25) is 0 Å². The molecule has 0 amide bonds. The van der Waals surface area contributed by atoms with Crippen molar-refractivity contribution in [3.8, 4) is 0 Å². The number of rotatable bonds is 2. The molecule has 0 spiro atoms. The largest absolute Gasteiger partial charge is 0.394 e. The van der Waals surface area contributed by atoms with Crippen molar-refractivity contribution in [1.82, 2.24) is 0 Å². The second kappa shape index (κ2) is 7.47. The van der Waals surface area contributed by atoms with Crippen molar-refractivity contribution >= 4 is 0 Å². The van der Waals surface area contributed by atoms with Crippen LogP contribution in [0.1, 0.15) is 20.3 Å². The number of halogens is 1. The fourth-order valence-corrected chi connectivity index (χ4v) is 2.23. The molecule has 2 saturated heterocycles. The van der Waals surface area contributed by atoms with E-state index in [1.807, 2.05) is 6.92 Å². The van der Waals surface area contributed by atoms with E-state index in [1.54, 1.807) is 0 Å². The molecule has 2 heterocycles. The lowest BCUT2D eigenvalue weighted by molar-refractivity contribution is -0.0171. The van der Waals surface area contributed by atoms with Crippen LogP contribution in [0.2, 0.25) is 0 Å². The second-order valence-electron chi connectivity index (χ2n) is 5.06. The van der Waals surface area contributed by atoms with Crippen molar-refractivity contribution in [3.05, 3.63) is 0 Å². The molecule has 0 radical (unpaired) electrons. The monoisotopic (exact) mass is 281 g/mol. The Morgan fingerprint density at radius 2 is 1.74 bits per heavy atom. The average Bonchev–Trinajstić information content (AvgIpc) is 2.83. The lowest BCUT2D eigenvalue weighted by atomic mass is 10.1. The standard InChI is InChI=1S/C6H11FO3.C6H13NO2/c1-3-5(7)6(9)4(2-8)10-3;1-4-2-5(7)6(3-8)9-4/h3-6,8-9H,2H2,1H3;4-6,8H,2-3,7H2,1H3. The second-order valence-corrected chi connectivity index (χ2v) is 5.06. The summed E-state index contributed by atoms with van der Waals surface area (Å²) in [5.41, 5.74) is 5.59. The van der Waals surface area contributed by atoms with Crippen LogP contribution >= 0.6 is 0 Å². The van der Waals surface area contributed by atoms with Crippen molar-refractivity contribution in [1.29, 1.82) is 0 Å². The molecule has 5 N–H and O–H groups in total. The minimum atomic E-state index is -1.36. The van der Waals surface area contributed by atoms with Crippen LogP contribution in [0, 0.1) is 0 Å². The Hall–Kier alpha value is -0.310. The maximum atomic E-state index is 12.7. The van der Waals surface area contributed by atoms with Crippen molar-refractivity contribution in [2.24, 2.45) is 5.73 Å². The number of hydrogen-bond donors (Lipinski definition) is 4. The smallest absolute Gasteiger partial charge is 0.154 e. The van der Waals surface area contributed by atoms with E-state index in [0.717, 1.165) is 6.42 Å². The molecule has 2 fully saturated rings. The summed E-state index contributed by atoms with van der Waals surface area (Å²) in [6.45, 7) is 3.22. The molecular formula is C12H24FNO5. The van der Waals surface area contributed by atoms with E-state index in [1.165, 1.54) is 6.92 Å². The van der Waals surface area contributed by atoms with E-state index >= 15 is 0 Å². The highest BCUT2D eigenvalue weighted by atomic mass is 19.1. The Labute approximate surface area is 112 Å². The van der Waals surface area contributed by atoms with Gasteiger partial charge in [-0.1, -0.05) is 0 Å². The van der Waals surface area contributed by atoms with E-state index in [9.17, 15) is 4.39 Å². The highest BCUT2D eigenvalue weighted by Crippen LogP contribution is 2.22. The zero-order valence-corrected chi connectivity index (χ0v) is 11.3. The van der Waals surface area contributed by atoms with Gasteiger partial charge >= 0.3 is 0 Å². The summed E-state index contributed by atoms with van der Waals surface area (Å²) in [4.78, 5) is 0. The van der Waals surface area contributed by atoms with Crippen LogP contribution in [0.5, 0.6) is 0 Å². The normalized spacial score (nSPS) is 45.9. The molecule has 0 saturated carbocycles. The summed E-state index contributed by atoms with van der Waals surface area (Å²) in [5, 5.41) is 26.1. The lowest BCUT2D eigenvalue weighted by Gasteiger charge is -2.09. The molecule has 7 atom stereocenters. The molecule has 2 rings (SSSR count). The van der Waals surface area contributed by atoms with E-state index < -0.39 is 24.5 Å². The Balaban J connectivity index is 0.000000191. The summed E-state index contributed by atoms with van der Waals surface area (Å²) in [7, 11) is 0. The highest BCUT2D eigenvalue weighted by molar-refractivity contribution is 4.88. The molecule has 19 heavy (non-hydrogen) atoms. The van der Waals surface area contributed by atoms with Gasteiger partial charge in [0.1, 0.15) is 12.2 Å². The predicted octanol–water partition coefficient (Wildman–Crippen LogP) is -1.05. The molecule has 7 heteroatoms. The van der Waals surface area contributed by atoms with E-state index in [2.05, 4.69) is 0 Å². The highest BCUT2D eigenvalue weighted by Gasteiger charge is 2.41. The molecule has 6 nitrogen and oxygen atoms in total. The first kappa shape index (κ1) is 16.7. The summed E-state index contributed by atoms with van der Waals surface area (Å²) >= 11 is 0. The summed E-state index contributed by atoms with van der Waals surface area (Å²) in [6, 6.07) is 0.0324. The van der Waals surface area contributed by atoms with Gasteiger partial charge in [0, 0.05) is 6.04 Å². The van der Waals surface area contributed by atoms with E-state index in [0.29, 0.717) is 0 Å². The fraction of sp³-hybridized carbons (Fsp3) is 1.00. The summed E-state index contributed by atoms with van der Waals surface area (Å²) < 4.78 is 22.8. The third-order valence-corrected chi connectivity index (χ3v) is 3.39. The molecule has 0 aromatic rings. The quantitative estimate of drug-likeness (QED) is 0.515. The first-order valence-electron chi connectivity index (χ1n) is 6.51. The van der Waals surface area contributed by atoms with Gasteiger partial charge in [0.05, 0.1) is 31.5 Å². The average molecular weight is 281 g/mol. The van der Waals surface area contributed by atoms with E-state index in [4.69, 9.17) is 30.5 Å². The zero-order chi connectivity index (χ0) is 14.6. The van der Waals surface area contributed by atoms with E-state index in [-0.39, 0.29) is 31.5 Å². The SMILES string of the molecule is CC1CC(N)C(CO)O1.CC1OC(CO)C(O)C1F. The predicted molar refractivity (Wildman–Crippen MR) is 66.3 cm³/mol. The lowest BCUT2D eigenvalue weighted by Crippen LogP contribution is -2.32. The van der Waals surface area contributed by atoms with Gasteiger partial charge in [-0.25, -0.2) is 4.39 Å². The van der Waals surface area contributed by atoms with Crippen molar-refractivity contribution in [2.75, 3.05) is 13.2 Å². The molecular weight excluding hydrogens is 257 g/mol. The van der Waals surface area contributed by atoms with Gasteiger partial charge in [-0.2, -0.15) is 0 Å². The molecule has 2 aliphatic heterocycles. The molecule has 7 unspecified atom stereocenters. The maximum absolute atomic E-state index is 12.7. The zero-order valence-electron chi connectivity index (χ0n) is 11.3. The molecule has 2 aliphatic rings. The topological polar surface area (TPSA) is 105 Å². The van der Waals surface area contributed by atoms with Crippen molar-refractivity contribution in [3.63, 3.8) is 0 Å². The van der Waals surface area contributed by atoms with Crippen LogP contribution < -0.4 is 5.73 Å². The van der Waals surface area contributed by atoms with Crippen LogP contribution in [0.25, 0.3) is 0 Å². The van der Waals surface area contributed by atoms with Crippen molar-refractivity contribution in [2.45, 2.75) is 63.0 Å². The van der Waals surface area contributed by atoms with Crippen molar-refractivity contribution < 1.29 is 29.2 Å². The molecule has 0 aliphatic carbocycles. The van der Waals surface area contributed by atoms with Crippen LogP contribution in [0.15, 0.2) is 0 Å². The first-order valence-corrected chi connectivity index (χ1v) is 6.51. The Bertz CT molecular complexity index is 271. The number of ether oxygens (including phenoxy) is 2. The van der Waals surface area contributed by atoms with Gasteiger partial charge in [0.25, 0.3) is 0 Å². The number of aliphatic hydroxyl groups excluding tert-OH is 3. The maximum Gasteiger partial charge on any atom is 0.154 e. The summed E-state index contributed by atoms with van der Waals surface area (Å²) in [5.74, 6) is 0. The number of nitrogens with two attached hydrogens (primary N) is 1. The van der Waals surface area contributed by atoms with Crippen LogP contribution in [0.3, 0.4) is 0 Å². The first-order chi connectivity index (χ1) is 8.90. The molecule has 0 bridgehead atoms. The number of hydrogen-bond acceptors (Lipinski definition) is 6. The third kappa shape index (κ3) is 4.34. The minimum Gasteiger partial charge on any atom is -0.394 e. The molecule has 0 aromatic carbocycles. The minimum absolute atomic E-state index is 0.0324. The molecule has 114 valence electrons.